The van der Waals surface area contributed by atoms with Crippen LogP contribution in [0.15, 0.2) is 29.0 Å². The van der Waals surface area contributed by atoms with Crippen LogP contribution in [-0.4, -0.2) is 93.3 Å². The number of carboxylic acid groups (broad SMARTS) is 2. The zero-order valence-corrected chi connectivity index (χ0v) is 21.9. The fourth-order valence-electron chi connectivity index (χ4n) is 4.62. The summed E-state index contributed by atoms with van der Waals surface area (Å²) in [4.78, 5) is 27.2. The molecule has 4 heterocycles. The second kappa shape index (κ2) is 13.9. The Balaban J connectivity index is 0.000000333. The Kier molecular flexibility index (Phi) is 11.5. The number of fused-ring (bicyclic) bond motifs is 1. The number of ether oxygens (including phenoxy) is 1. The second-order valence-corrected chi connectivity index (χ2v) is 9.23. The van der Waals surface area contributed by atoms with Crippen LogP contribution in [0, 0.1) is 19.8 Å². The molecule has 0 amide bonds. The number of aromatic nitrogens is 2. The molecule has 2 aromatic rings. The number of aryl methyl sites for hydroxylation is 2. The van der Waals surface area contributed by atoms with Gasteiger partial charge >= 0.3 is 24.3 Å². The number of halogens is 6. The van der Waals surface area contributed by atoms with Gasteiger partial charge in [0.25, 0.3) is 0 Å². The van der Waals surface area contributed by atoms with Crippen molar-refractivity contribution in [2.24, 2.45) is 5.92 Å². The van der Waals surface area contributed by atoms with Crippen molar-refractivity contribution in [3.63, 3.8) is 0 Å². The normalized spacial score (nSPS) is 21.5. The van der Waals surface area contributed by atoms with Crippen molar-refractivity contribution in [1.82, 2.24) is 19.9 Å². The summed E-state index contributed by atoms with van der Waals surface area (Å²) < 4.78 is 74.7. The van der Waals surface area contributed by atoms with Gasteiger partial charge in [-0.05, 0) is 31.9 Å². The number of nitrogens with zero attached hydrogens (tertiary/aromatic N) is 4. The van der Waals surface area contributed by atoms with Gasteiger partial charge in [0.1, 0.15) is 5.76 Å². The van der Waals surface area contributed by atoms with Crippen LogP contribution >= 0.6 is 0 Å². The molecule has 2 aromatic heterocycles. The van der Waals surface area contributed by atoms with Crippen molar-refractivity contribution >= 4 is 11.9 Å². The predicted molar refractivity (Wildman–Crippen MR) is 126 cm³/mol. The maximum Gasteiger partial charge on any atom is 0.490 e. The highest BCUT2D eigenvalue weighted by Crippen LogP contribution is 2.34. The Morgan fingerprint density at radius 3 is 2.12 bits per heavy atom. The first-order valence-electron chi connectivity index (χ1n) is 11.9. The van der Waals surface area contributed by atoms with Gasteiger partial charge in [-0.3, -0.25) is 14.8 Å². The van der Waals surface area contributed by atoms with Gasteiger partial charge in [0.15, 0.2) is 0 Å². The first-order valence-corrected chi connectivity index (χ1v) is 11.9. The van der Waals surface area contributed by atoms with E-state index in [0.717, 1.165) is 50.6 Å². The Morgan fingerprint density at radius 2 is 1.68 bits per heavy atom. The van der Waals surface area contributed by atoms with Crippen LogP contribution in [0.1, 0.15) is 29.0 Å². The van der Waals surface area contributed by atoms with E-state index in [9.17, 15) is 26.3 Å². The van der Waals surface area contributed by atoms with E-state index in [4.69, 9.17) is 29.1 Å². The highest BCUT2D eigenvalue weighted by Gasteiger charge is 2.44. The summed E-state index contributed by atoms with van der Waals surface area (Å²) in [5.41, 5.74) is 3.53. The lowest BCUT2D eigenvalue weighted by molar-refractivity contribution is -0.193. The predicted octanol–water partition coefficient (Wildman–Crippen LogP) is 3.67. The summed E-state index contributed by atoms with van der Waals surface area (Å²) in [6.07, 6.45) is -4.93. The van der Waals surface area contributed by atoms with Gasteiger partial charge in [0.05, 0.1) is 11.8 Å². The Labute approximate surface area is 225 Å². The van der Waals surface area contributed by atoms with E-state index in [1.165, 1.54) is 11.1 Å². The minimum absolute atomic E-state index is 0.347. The van der Waals surface area contributed by atoms with Crippen LogP contribution in [0.4, 0.5) is 26.3 Å². The van der Waals surface area contributed by atoms with Crippen LogP contribution in [0.3, 0.4) is 0 Å². The smallest absolute Gasteiger partial charge is 0.475 e. The van der Waals surface area contributed by atoms with Crippen LogP contribution in [0.2, 0.25) is 0 Å². The van der Waals surface area contributed by atoms with E-state index in [-0.39, 0.29) is 0 Å². The SMILES string of the molecule is CO[C@H]1CCN(Cc2c(C)noc2C)[C@@H]2CN(Cc3cccnc3)C[C@H]12.O=C(O)C(F)(F)F.O=C(O)C(F)(F)F. The number of piperidine rings is 1. The summed E-state index contributed by atoms with van der Waals surface area (Å²) in [6, 6.07) is 4.68. The van der Waals surface area contributed by atoms with Gasteiger partial charge < -0.3 is 19.5 Å². The van der Waals surface area contributed by atoms with Gasteiger partial charge in [-0.1, -0.05) is 11.2 Å². The van der Waals surface area contributed by atoms with Crippen molar-refractivity contribution < 1.29 is 55.4 Å². The summed E-state index contributed by atoms with van der Waals surface area (Å²) in [5.74, 6) is -4.02. The number of carboxylic acids is 2. The molecule has 2 aliphatic rings. The molecule has 2 fully saturated rings. The number of likely N-dealkylation sites (tertiary alicyclic amines) is 2. The van der Waals surface area contributed by atoms with Crippen LogP contribution < -0.4 is 0 Å². The molecule has 40 heavy (non-hydrogen) atoms. The Bertz CT molecular complexity index is 1070. The Hall–Kier alpha value is -3.24. The number of pyridine rings is 1. The summed E-state index contributed by atoms with van der Waals surface area (Å²) in [5, 5.41) is 18.4. The lowest BCUT2D eigenvalue weighted by Crippen LogP contribution is -2.50. The summed E-state index contributed by atoms with van der Waals surface area (Å²) >= 11 is 0. The number of alkyl halides is 6. The van der Waals surface area contributed by atoms with E-state index < -0.39 is 24.3 Å². The molecule has 0 unspecified atom stereocenters. The number of hydrogen-bond acceptors (Lipinski definition) is 8. The average molecular weight is 585 g/mol. The van der Waals surface area contributed by atoms with E-state index in [2.05, 4.69) is 26.0 Å². The molecule has 2 aliphatic heterocycles. The topological polar surface area (TPSA) is 129 Å². The van der Waals surface area contributed by atoms with Crippen molar-refractivity contribution in [3.05, 3.63) is 47.1 Å². The molecule has 0 aromatic carbocycles. The van der Waals surface area contributed by atoms with Crippen LogP contribution in [0.5, 0.6) is 0 Å². The summed E-state index contributed by atoms with van der Waals surface area (Å²) in [6.45, 7) is 9.13. The van der Waals surface area contributed by atoms with Crippen LogP contribution in [0.25, 0.3) is 0 Å². The monoisotopic (exact) mass is 584 g/mol. The minimum Gasteiger partial charge on any atom is -0.475 e. The molecular weight excluding hydrogens is 554 g/mol. The Morgan fingerprint density at radius 1 is 1.07 bits per heavy atom. The molecule has 4 rings (SSSR count). The first kappa shape index (κ1) is 33.0. The van der Waals surface area contributed by atoms with E-state index in [0.29, 0.717) is 18.1 Å². The van der Waals surface area contributed by atoms with Gasteiger partial charge in [-0.15, -0.1) is 0 Å². The maximum atomic E-state index is 10.6. The van der Waals surface area contributed by atoms with Crippen LogP contribution in [-0.2, 0) is 27.4 Å². The third-order valence-electron chi connectivity index (χ3n) is 6.52. The van der Waals surface area contributed by atoms with Gasteiger partial charge in [0.2, 0.25) is 0 Å². The molecule has 224 valence electrons. The third-order valence-corrected chi connectivity index (χ3v) is 6.52. The molecule has 16 heteroatoms. The molecule has 0 saturated carbocycles. The number of carbonyl (C=O) groups is 2. The van der Waals surface area contributed by atoms with Crippen molar-refractivity contribution in [3.8, 4) is 0 Å². The number of hydrogen-bond donors (Lipinski definition) is 2. The van der Waals surface area contributed by atoms with Gasteiger partial charge in [0, 0.05) is 69.8 Å². The lowest BCUT2D eigenvalue weighted by Gasteiger charge is -2.41. The number of aliphatic carboxylic acids is 2. The standard InChI is InChI=1S/C20H28N4O2.2C2HF3O2/c1-14-17(15(2)26-22-14)12-24-8-6-20(25-3)18-11-23(13-19(18)24)10-16-5-4-7-21-9-16;2*3-2(4,5)1(6)7/h4-5,7,9,18-20H,6,8,10-13H2,1-3H3;2*(H,6,7)/t18-,19+,20-;;/m0../s1. The van der Waals surface area contributed by atoms with E-state index >= 15 is 0 Å². The molecular formula is C24H30F6N4O6. The van der Waals surface area contributed by atoms with Crippen molar-refractivity contribution in [2.75, 3.05) is 26.7 Å². The van der Waals surface area contributed by atoms with Crippen molar-refractivity contribution in [1.29, 1.82) is 0 Å². The minimum atomic E-state index is -5.08. The first-order chi connectivity index (χ1) is 18.5. The molecule has 0 aliphatic carbocycles. The largest absolute Gasteiger partial charge is 0.490 e. The maximum absolute atomic E-state index is 10.6. The quantitative estimate of drug-likeness (QED) is 0.503. The molecule has 0 spiro atoms. The summed E-state index contributed by atoms with van der Waals surface area (Å²) in [7, 11) is 1.86. The molecule has 0 bridgehead atoms. The molecule has 0 radical (unpaired) electrons. The fourth-order valence-corrected chi connectivity index (χ4v) is 4.62. The third kappa shape index (κ3) is 9.45. The van der Waals surface area contributed by atoms with Gasteiger partial charge in [-0.2, -0.15) is 26.3 Å². The molecule has 3 atom stereocenters. The van der Waals surface area contributed by atoms with E-state index in [1.807, 2.05) is 39.4 Å². The van der Waals surface area contributed by atoms with E-state index in [1.54, 1.807) is 0 Å². The average Bonchev–Trinajstić information content (AvgIpc) is 3.43. The number of methoxy groups -OCH3 is 1. The van der Waals surface area contributed by atoms with Gasteiger partial charge in [-0.25, -0.2) is 9.59 Å². The fraction of sp³-hybridized carbons (Fsp3) is 0.583. The lowest BCUT2D eigenvalue weighted by atomic mass is 9.88. The highest BCUT2D eigenvalue weighted by molar-refractivity contribution is 5.73. The second-order valence-electron chi connectivity index (χ2n) is 9.23. The highest BCUT2D eigenvalue weighted by atomic mass is 19.4. The molecule has 2 saturated heterocycles. The zero-order valence-electron chi connectivity index (χ0n) is 21.9. The zero-order chi connectivity index (χ0) is 30.3. The number of rotatable bonds is 5. The molecule has 2 N–H and O–H groups in total. The van der Waals surface area contributed by atoms with Crippen molar-refractivity contribution in [2.45, 2.75) is 57.9 Å². The molecule has 10 nitrogen and oxygen atoms in total.